The lowest BCUT2D eigenvalue weighted by Crippen LogP contribution is -2.57. The van der Waals surface area contributed by atoms with E-state index in [1.807, 2.05) is 24.3 Å². The van der Waals surface area contributed by atoms with Crippen LogP contribution in [0.15, 0.2) is 42.7 Å². The lowest BCUT2D eigenvalue weighted by molar-refractivity contribution is -0.903. The Balaban J connectivity index is 1.28. The van der Waals surface area contributed by atoms with Crippen LogP contribution in [0.5, 0.6) is 0 Å². The predicted molar refractivity (Wildman–Crippen MR) is 134 cm³/mol. The molecule has 1 amide bonds. The molecule has 1 N–H and O–H groups in total. The maximum Gasteiger partial charge on any atom is 0.230 e. The Bertz CT molecular complexity index is 1420. The van der Waals surface area contributed by atoms with E-state index in [2.05, 4.69) is 21.9 Å². The van der Waals surface area contributed by atoms with Gasteiger partial charge in [-0.1, -0.05) is 12.1 Å². The van der Waals surface area contributed by atoms with E-state index in [9.17, 15) is 15.3 Å². The van der Waals surface area contributed by atoms with Crippen LogP contribution in [0.3, 0.4) is 0 Å². The van der Waals surface area contributed by atoms with E-state index in [4.69, 9.17) is 4.98 Å². The normalized spacial score (nSPS) is 22.0. The van der Waals surface area contributed by atoms with Crippen molar-refractivity contribution in [3.63, 3.8) is 0 Å². The number of benzene rings is 1. The molecule has 1 aliphatic heterocycles. The summed E-state index contributed by atoms with van der Waals surface area (Å²) < 4.78 is 1.07. The lowest BCUT2D eigenvalue weighted by Gasteiger charge is -2.43. The number of fused-ring (bicyclic) bond motifs is 1. The van der Waals surface area contributed by atoms with Gasteiger partial charge in [-0.2, -0.15) is 5.26 Å². The number of rotatable bonds is 5. The fourth-order valence-corrected chi connectivity index (χ4v) is 5.90. The Labute approximate surface area is 210 Å². The number of amides is 1. The first-order valence-electron chi connectivity index (χ1n) is 13.2. The van der Waals surface area contributed by atoms with Crippen molar-refractivity contribution in [2.45, 2.75) is 50.5 Å². The van der Waals surface area contributed by atoms with Crippen LogP contribution >= 0.6 is 0 Å². The van der Waals surface area contributed by atoms with Gasteiger partial charge in [0.1, 0.15) is 11.9 Å². The van der Waals surface area contributed by atoms with Crippen LogP contribution in [0.4, 0.5) is 5.82 Å². The minimum atomic E-state index is 0.229. The predicted octanol–water partition coefficient (Wildman–Crippen LogP) is 4.01. The van der Waals surface area contributed by atoms with Gasteiger partial charge in [0, 0.05) is 53.2 Å². The number of hydrogen-bond donors (Lipinski definition) is 1. The SMILES string of the molecule is N#Cc1cc(-c2cccc3c[n+](O)ccc23)c(C2CC2)nc1N1CCN(C(=O)C2CC2)[C@H](C2CC2)C1. The number of carbonyl (C=O) groups is 1. The summed E-state index contributed by atoms with van der Waals surface area (Å²) in [5.41, 5.74) is 3.72. The van der Waals surface area contributed by atoms with Gasteiger partial charge in [-0.3, -0.25) is 10.0 Å². The van der Waals surface area contributed by atoms with Gasteiger partial charge in [0.2, 0.25) is 18.3 Å². The third-order valence-electron chi connectivity index (χ3n) is 8.31. The number of anilines is 1. The first-order chi connectivity index (χ1) is 17.6. The molecule has 7 rings (SSSR count). The standard InChI is InChI=1S/C29H30N5O2/c30-15-22-14-25(24-3-1-2-21-16-33(36)11-10-23(21)24)27(19-6-7-19)31-28(22)32-12-13-34(29(35)20-8-9-20)26(17-32)18-4-5-18/h1-3,10-11,14,16,18-20,26,36H,4-9,12-13,17H2/q+1/t26-/m0/s1. The fraction of sp³-hybridized carbons (Fsp3) is 0.448. The first-order valence-corrected chi connectivity index (χ1v) is 13.2. The van der Waals surface area contributed by atoms with E-state index in [0.717, 1.165) is 76.9 Å². The summed E-state index contributed by atoms with van der Waals surface area (Å²) in [6.45, 7) is 2.20. The molecule has 7 nitrogen and oxygen atoms in total. The van der Waals surface area contributed by atoms with Gasteiger partial charge in [0.15, 0.2) is 0 Å². The third-order valence-corrected chi connectivity index (χ3v) is 8.31. The summed E-state index contributed by atoms with van der Waals surface area (Å²) in [5, 5.41) is 22.1. The van der Waals surface area contributed by atoms with Gasteiger partial charge in [-0.05, 0) is 62.1 Å². The topological polar surface area (TPSA) is 84.3 Å². The Morgan fingerprint density at radius 2 is 1.92 bits per heavy atom. The molecular weight excluding hydrogens is 450 g/mol. The maximum absolute atomic E-state index is 13.0. The maximum atomic E-state index is 13.0. The molecule has 182 valence electrons. The third kappa shape index (κ3) is 3.76. The van der Waals surface area contributed by atoms with E-state index in [1.54, 1.807) is 12.4 Å². The molecule has 36 heavy (non-hydrogen) atoms. The van der Waals surface area contributed by atoms with Crippen molar-refractivity contribution in [1.82, 2.24) is 9.88 Å². The second kappa shape index (κ2) is 8.19. The highest BCUT2D eigenvalue weighted by molar-refractivity contribution is 5.97. The summed E-state index contributed by atoms with van der Waals surface area (Å²) in [7, 11) is 0. The molecule has 1 saturated heterocycles. The average Bonchev–Trinajstić information content (AvgIpc) is 3.76. The van der Waals surface area contributed by atoms with Crippen molar-refractivity contribution in [1.29, 1.82) is 5.26 Å². The minimum Gasteiger partial charge on any atom is -0.352 e. The van der Waals surface area contributed by atoms with Crippen LogP contribution in [-0.2, 0) is 4.79 Å². The first kappa shape index (κ1) is 21.6. The van der Waals surface area contributed by atoms with Gasteiger partial charge >= 0.3 is 0 Å². The van der Waals surface area contributed by atoms with Crippen LogP contribution in [0, 0.1) is 23.2 Å². The number of nitriles is 1. The van der Waals surface area contributed by atoms with Crippen molar-refractivity contribution in [3.8, 4) is 17.2 Å². The van der Waals surface area contributed by atoms with E-state index in [-0.39, 0.29) is 12.0 Å². The summed E-state index contributed by atoms with van der Waals surface area (Å²) >= 11 is 0. The lowest BCUT2D eigenvalue weighted by atomic mass is 9.95. The van der Waals surface area contributed by atoms with Crippen molar-refractivity contribution >= 4 is 22.5 Å². The molecule has 0 spiro atoms. The monoisotopic (exact) mass is 480 g/mol. The van der Waals surface area contributed by atoms with Crippen LogP contribution in [0.1, 0.15) is 55.7 Å². The van der Waals surface area contributed by atoms with Crippen molar-refractivity contribution in [3.05, 3.63) is 54.0 Å². The average molecular weight is 481 g/mol. The van der Waals surface area contributed by atoms with Gasteiger partial charge in [0.25, 0.3) is 0 Å². The number of carbonyl (C=O) groups excluding carboxylic acids is 1. The van der Waals surface area contributed by atoms with Gasteiger partial charge in [-0.25, -0.2) is 4.98 Å². The molecule has 0 bridgehead atoms. The van der Waals surface area contributed by atoms with Gasteiger partial charge in [-0.15, -0.1) is 0 Å². The van der Waals surface area contributed by atoms with Crippen molar-refractivity contribution in [2.24, 2.45) is 11.8 Å². The highest BCUT2D eigenvalue weighted by Gasteiger charge is 2.45. The second-order valence-electron chi connectivity index (χ2n) is 11.0. The van der Waals surface area contributed by atoms with Crippen LogP contribution in [-0.4, -0.2) is 46.7 Å². The number of piperazine rings is 1. The molecule has 4 fully saturated rings. The number of aromatic nitrogens is 2. The molecule has 0 radical (unpaired) electrons. The second-order valence-corrected chi connectivity index (χ2v) is 11.0. The smallest absolute Gasteiger partial charge is 0.230 e. The Morgan fingerprint density at radius 1 is 1.08 bits per heavy atom. The molecule has 3 heterocycles. The van der Waals surface area contributed by atoms with E-state index in [0.29, 0.717) is 29.9 Å². The summed E-state index contributed by atoms with van der Waals surface area (Å²) in [6.07, 6.45) is 10.0. The summed E-state index contributed by atoms with van der Waals surface area (Å²) in [5.74, 6) is 2.35. The fourth-order valence-electron chi connectivity index (χ4n) is 5.90. The quantitative estimate of drug-likeness (QED) is 0.441. The van der Waals surface area contributed by atoms with Gasteiger partial charge in [0.05, 0.1) is 22.7 Å². The largest absolute Gasteiger partial charge is 0.352 e. The Morgan fingerprint density at radius 3 is 2.64 bits per heavy atom. The Hall–Kier alpha value is -3.66. The Kier molecular flexibility index (Phi) is 4.92. The molecule has 1 atom stereocenters. The van der Waals surface area contributed by atoms with E-state index >= 15 is 0 Å². The number of pyridine rings is 2. The summed E-state index contributed by atoms with van der Waals surface area (Å²) in [6, 6.07) is 12.7. The van der Waals surface area contributed by atoms with Crippen LogP contribution in [0.2, 0.25) is 0 Å². The molecular formula is C29H30N5O2+. The number of hydrogen-bond acceptors (Lipinski definition) is 5. The molecule has 2 aromatic heterocycles. The number of nitrogens with zero attached hydrogens (tertiary/aromatic N) is 5. The van der Waals surface area contributed by atoms with Crippen molar-refractivity contribution < 1.29 is 14.7 Å². The minimum absolute atomic E-state index is 0.229. The van der Waals surface area contributed by atoms with Crippen LogP contribution in [0.25, 0.3) is 21.9 Å². The molecule has 3 aliphatic carbocycles. The highest BCUT2D eigenvalue weighted by Crippen LogP contribution is 2.46. The molecule has 0 unspecified atom stereocenters. The van der Waals surface area contributed by atoms with Crippen LogP contribution < -0.4 is 9.63 Å². The summed E-state index contributed by atoms with van der Waals surface area (Å²) in [4.78, 5) is 22.6. The van der Waals surface area contributed by atoms with E-state index in [1.165, 1.54) is 12.8 Å². The highest BCUT2D eigenvalue weighted by atomic mass is 16.5. The zero-order valence-corrected chi connectivity index (χ0v) is 20.3. The molecule has 4 aliphatic rings. The van der Waals surface area contributed by atoms with Crippen molar-refractivity contribution in [2.75, 3.05) is 24.5 Å². The molecule has 1 aromatic carbocycles. The van der Waals surface area contributed by atoms with E-state index < -0.39 is 0 Å². The zero-order chi connectivity index (χ0) is 24.4. The zero-order valence-electron chi connectivity index (χ0n) is 20.3. The molecule has 7 heteroatoms. The molecule has 3 aromatic rings. The molecule has 3 saturated carbocycles. The van der Waals surface area contributed by atoms with Gasteiger partial charge < -0.3 is 9.80 Å².